The maximum absolute atomic E-state index is 12.2. The van der Waals surface area contributed by atoms with E-state index >= 15 is 0 Å². The number of aromatic amines is 2. The van der Waals surface area contributed by atoms with Crippen LogP contribution in [-0.4, -0.2) is 32.1 Å². The molecular weight excluding hydrogens is 328 g/mol. The first-order valence-electron chi connectivity index (χ1n) is 6.18. The Balaban J connectivity index is 2.59. The molecule has 0 atom stereocenters. The van der Waals surface area contributed by atoms with Gasteiger partial charge in [0.15, 0.2) is 10.9 Å². The average Bonchev–Trinajstić information content (AvgIpc) is 2.46. The van der Waals surface area contributed by atoms with Crippen LogP contribution in [0.4, 0.5) is 0 Å². The number of rotatable bonds is 2. The van der Waals surface area contributed by atoms with Gasteiger partial charge in [-0.2, -0.15) is 0 Å². The second kappa shape index (κ2) is 4.96. The summed E-state index contributed by atoms with van der Waals surface area (Å²) >= 11 is 6.04. The fourth-order valence-corrected chi connectivity index (χ4v) is 2.61. The molecule has 4 N–H and O–H groups in total. The van der Waals surface area contributed by atoms with E-state index in [1.807, 2.05) is 0 Å². The molecule has 3 rings (SSSR count). The molecule has 0 saturated heterocycles. The van der Waals surface area contributed by atoms with Gasteiger partial charge in [-0.1, -0.05) is 11.6 Å². The molecule has 0 fully saturated rings. The lowest BCUT2D eigenvalue weighted by Crippen LogP contribution is -2.15. The Hall–Kier alpha value is -3.13. The number of hydrogen-bond donors (Lipinski definition) is 4. The number of pyridine rings is 2. The van der Waals surface area contributed by atoms with Crippen LogP contribution in [-0.2, 0) is 0 Å². The number of fused-ring (bicyclic) bond motifs is 3. The summed E-state index contributed by atoms with van der Waals surface area (Å²) in [5, 5.41) is 17.8. The van der Waals surface area contributed by atoms with E-state index in [0.717, 1.165) is 12.1 Å². The van der Waals surface area contributed by atoms with Crippen molar-refractivity contribution in [2.45, 2.75) is 0 Å². The molecule has 23 heavy (non-hydrogen) atoms. The minimum absolute atomic E-state index is 0.00218. The van der Waals surface area contributed by atoms with E-state index in [-0.39, 0.29) is 38.2 Å². The van der Waals surface area contributed by atoms with Crippen LogP contribution in [0, 0.1) is 0 Å². The van der Waals surface area contributed by atoms with E-state index in [1.165, 1.54) is 6.07 Å². The third-order valence-electron chi connectivity index (χ3n) is 3.31. The zero-order chi connectivity index (χ0) is 16.9. The highest BCUT2D eigenvalue weighted by molar-refractivity contribution is 6.36. The molecule has 0 radical (unpaired) electrons. The molecule has 0 bridgehead atoms. The molecule has 0 spiro atoms. The summed E-state index contributed by atoms with van der Waals surface area (Å²) in [6.07, 6.45) is 0. The van der Waals surface area contributed by atoms with Crippen LogP contribution in [0.25, 0.3) is 21.8 Å². The Morgan fingerprint density at radius 1 is 0.870 bits per heavy atom. The monoisotopic (exact) mass is 334 g/mol. The average molecular weight is 335 g/mol. The van der Waals surface area contributed by atoms with Gasteiger partial charge >= 0.3 is 11.9 Å². The van der Waals surface area contributed by atoms with Crippen LogP contribution in [0.15, 0.2) is 27.8 Å². The predicted molar refractivity (Wildman–Crippen MR) is 81.6 cm³/mol. The number of benzene rings is 1. The molecule has 0 saturated carbocycles. The van der Waals surface area contributed by atoms with Gasteiger partial charge in [0.1, 0.15) is 11.4 Å². The lowest BCUT2D eigenvalue weighted by atomic mass is 10.1. The van der Waals surface area contributed by atoms with Crippen LogP contribution < -0.4 is 10.9 Å². The van der Waals surface area contributed by atoms with Crippen LogP contribution in [0.3, 0.4) is 0 Å². The number of carbonyl (C=O) groups is 2. The Bertz CT molecular complexity index is 1130. The van der Waals surface area contributed by atoms with E-state index in [4.69, 9.17) is 21.8 Å². The Kier molecular flexibility index (Phi) is 3.19. The lowest BCUT2D eigenvalue weighted by Gasteiger charge is -2.07. The number of aromatic carboxylic acids is 2. The summed E-state index contributed by atoms with van der Waals surface area (Å²) in [6, 6.07) is 2.95. The van der Waals surface area contributed by atoms with Crippen molar-refractivity contribution in [2.75, 3.05) is 0 Å². The largest absolute Gasteiger partial charge is 0.477 e. The zero-order valence-electron chi connectivity index (χ0n) is 11.1. The van der Waals surface area contributed by atoms with Gasteiger partial charge in [-0.15, -0.1) is 0 Å². The van der Waals surface area contributed by atoms with Crippen LogP contribution in [0.1, 0.15) is 21.0 Å². The Morgan fingerprint density at radius 3 is 1.96 bits per heavy atom. The molecule has 0 aliphatic carbocycles. The summed E-state index contributed by atoms with van der Waals surface area (Å²) < 4.78 is 0. The first-order valence-corrected chi connectivity index (χ1v) is 6.56. The molecule has 1 aromatic carbocycles. The standard InChI is InChI=1S/C14H7ClN2O6/c15-4-1-5-10(8(18)2-6(16-5)13(20)21)11-9(19)3-7(14(22)23)17-12(4)11/h1-3H,(H,16,18)(H,17,19)(H,20,21)(H,22,23). The van der Waals surface area contributed by atoms with Gasteiger partial charge in [0.2, 0.25) is 0 Å². The van der Waals surface area contributed by atoms with Gasteiger partial charge in [0, 0.05) is 12.1 Å². The van der Waals surface area contributed by atoms with Gasteiger partial charge in [-0.3, -0.25) is 9.59 Å². The normalized spacial score (nSPS) is 11.0. The van der Waals surface area contributed by atoms with Gasteiger partial charge in [0.25, 0.3) is 0 Å². The maximum atomic E-state index is 12.2. The van der Waals surface area contributed by atoms with Gasteiger partial charge in [-0.05, 0) is 6.07 Å². The minimum atomic E-state index is -1.35. The van der Waals surface area contributed by atoms with E-state index in [1.54, 1.807) is 0 Å². The number of hydrogen-bond acceptors (Lipinski definition) is 4. The highest BCUT2D eigenvalue weighted by Gasteiger charge is 2.17. The first kappa shape index (κ1) is 14.8. The van der Waals surface area contributed by atoms with E-state index in [9.17, 15) is 19.2 Å². The molecule has 0 amide bonds. The Labute approximate surface area is 131 Å². The van der Waals surface area contributed by atoms with Crippen molar-refractivity contribution in [1.29, 1.82) is 0 Å². The molecule has 9 heteroatoms. The molecule has 0 aliphatic rings. The Morgan fingerprint density at radius 2 is 1.39 bits per heavy atom. The fraction of sp³-hybridized carbons (Fsp3) is 0. The van der Waals surface area contributed by atoms with E-state index in [0.29, 0.717) is 0 Å². The number of H-pyrrole nitrogens is 2. The number of aromatic nitrogens is 2. The van der Waals surface area contributed by atoms with Gasteiger partial charge in [0.05, 0.1) is 26.8 Å². The predicted octanol–water partition coefficient (Wildman–Crippen LogP) is 1.42. The smallest absolute Gasteiger partial charge is 0.352 e. The number of carboxylic acids is 2. The van der Waals surface area contributed by atoms with E-state index < -0.39 is 22.8 Å². The van der Waals surface area contributed by atoms with Crippen molar-refractivity contribution in [3.8, 4) is 0 Å². The van der Waals surface area contributed by atoms with Crippen molar-refractivity contribution in [2.24, 2.45) is 0 Å². The van der Waals surface area contributed by atoms with Crippen LogP contribution >= 0.6 is 11.6 Å². The summed E-state index contributed by atoms with van der Waals surface area (Å²) in [4.78, 5) is 51.4. The summed E-state index contributed by atoms with van der Waals surface area (Å²) in [7, 11) is 0. The van der Waals surface area contributed by atoms with Gasteiger partial charge in [-0.25, -0.2) is 9.59 Å². The van der Waals surface area contributed by atoms with Crippen molar-refractivity contribution >= 4 is 45.3 Å². The third-order valence-corrected chi connectivity index (χ3v) is 3.61. The quantitative estimate of drug-likeness (QED) is 0.522. The van der Waals surface area contributed by atoms with Crippen LogP contribution in [0.2, 0.25) is 5.02 Å². The number of halogens is 1. The molecule has 2 aromatic heterocycles. The molecule has 8 nitrogen and oxygen atoms in total. The molecule has 116 valence electrons. The van der Waals surface area contributed by atoms with Gasteiger partial charge < -0.3 is 20.2 Å². The summed E-state index contributed by atoms with van der Waals surface area (Å²) in [5.41, 5.74) is -2.05. The SMILES string of the molecule is O=C(O)c1cc(=O)c2c(cc(Cl)c3[nH]c(C(=O)O)cc(=O)c32)[nH]1. The summed E-state index contributed by atoms with van der Waals surface area (Å²) in [6.45, 7) is 0. The third kappa shape index (κ3) is 2.25. The minimum Gasteiger partial charge on any atom is -0.477 e. The van der Waals surface area contributed by atoms with Crippen molar-refractivity contribution < 1.29 is 19.8 Å². The number of nitrogens with one attached hydrogen (secondary N) is 2. The van der Waals surface area contributed by atoms with Crippen molar-refractivity contribution in [1.82, 2.24) is 9.97 Å². The molecule has 0 aliphatic heterocycles. The molecule has 0 unspecified atom stereocenters. The second-order valence-electron chi connectivity index (χ2n) is 4.74. The highest BCUT2D eigenvalue weighted by atomic mass is 35.5. The summed E-state index contributed by atoms with van der Waals surface area (Å²) in [5.74, 6) is -2.69. The lowest BCUT2D eigenvalue weighted by molar-refractivity contribution is 0.0680. The zero-order valence-corrected chi connectivity index (χ0v) is 11.9. The van der Waals surface area contributed by atoms with E-state index in [2.05, 4.69) is 9.97 Å². The van der Waals surface area contributed by atoms with Crippen molar-refractivity contribution in [3.05, 3.63) is 55.1 Å². The van der Waals surface area contributed by atoms with Crippen LogP contribution in [0.5, 0.6) is 0 Å². The first-order chi connectivity index (χ1) is 10.8. The van der Waals surface area contributed by atoms with Crippen molar-refractivity contribution in [3.63, 3.8) is 0 Å². The second-order valence-corrected chi connectivity index (χ2v) is 5.14. The topological polar surface area (TPSA) is 140 Å². The maximum Gasteiger partial charge on any atom is 0.352 e. The molecule has 3 aromatic rings. The molecule has 2 heterocycles. The molecular formula is C14H7ClN2O6. The number of carboxylic acid groups (broad SMARTS) is 2. The fourth-order valence-electron chi connectivity index (χ4n) is 2.36. The highest BCUT2D eigenvalue weighted by Crippen LogP contribution is 2.26.